The van der Waals surface area contributed by atoms with Gasteiger partial charge in [0, 0.05) is 18.6 Å². The first-order valence-electron chi connectivity index (χ1n) is 6.89. The fourth-order valence-corrected chi connectivity index (χ4v) is 4.65. The molecule has 4 heteroatoms. The van der Waals surface area contributed by atoms with Gasteiger partial charge in [-0.2, -0.15) is 0 Å². The zero-order chi connectivity index (χ0) is 12.8. The van der Waals surface area contributed by atoms with E-state index in [-0.39, 0.29) is 0 Å². The highest BCUT2D eigenvalue weighted by atomic mass is 28.4. The van der Waals surface area contributed by atoms with Gasteiger partial charge in [0.2, 0.25) is 0 Å². The third kappa shape index (κ3) is 5.08. The van der Waals surface area contributed by atoms with Gasteiger partial charge in [0.15, 0.2) is 0 Å². The van der Waals surface area contributed by atoms with Crippen LogP contribution in [0.3, 0.4) is 0 Å². The van der Waals surface area contributed by atoms with E-state index in [9.17, 15) is 0 Å². The van der Waals surface area contributed by atoms with Crippen LogP contribution < -0.4 is 0 Å². The standard InChI is InChI=1S/C13H28O3Si/c1-5-8-15-17(4,16-9-6-2)10-7-13(3)11-14-12-13/h5-12H2,1-4H3. The van der Waals surface area contributed by atoms with Crippen molar-refractivity contribution in [1.82, 2.24) is 0 Å². The quantitative estimate of drug-likeness (QED) is 0.595. The molecule has 1 heterocycles. The van der Waals surface area contributed by atoms with Crippen molar-refractivity contribution in [3.8, 4) is 0 Å². The van der Waals surface area contributed by atoms with Crippen LogP contribution in [0, 0.1) is 5.41 Å². The van der Waals surface area contributed by atoms with Crippen LogP contribution in [0.1, 0.15) is 40.0 Å². The van der Waals surface area contributed by atoms with Crippen molar-refractivity contribution in [2.45, 2.75) is 52.6 Å². The smallest absolute Gasteiger partial charge is 0.334 e. The van der Waals surface area contributed by atoms with Crippen molar-refractivity contribution in [2.75, 3.05) is 26.4 Å². The molecule has 0 amide bonds. The Labute approximate surface area is 107 Å². The maximum Gasteiger partial charge on any atom is 0.334 e. The summed E-state index contributed by atoms with van der Waals surface area (Å²) in [5, 5.41) is 0. The van der Waals surface area contributed by atoms with Crippen LogP contribution in [0.4, 0.5) is 0 Å². The van der Waals surface area contributed by atoms with Gasteiger partial charge in [0.25, 0.3) is 0 Å². The van der Waals surface area contributed by atoms with Gasteiger partial charge in [0.05, 0.1) is 13.2 Å². The maximum atomic E-state index is 6.02. The molecule has 0 N–H and O–H groups in total. The van der Waals surface area contributed by atoms with Crippen LogP contribution in [0.25, 0.3) is 0 Å². The number of rotatable bonds is 9. The third-order valence-corrected chi connectivity index (χ3v) is 6.09. The van der Waals surface area contributed by atoms with E-state index in [0.717, 1.165) is 45.3 Å². The molecule has 0 aromatic heterocycles. The first-order valence-corrected chi connectivity index (χ1v) is 9.41. The second-order valence-electron chi connectivity index (χ2n) is 5.63. The second kappa shape index (κ2) is 6.88. The highest BCUT2D eigenvalue weighted by Gasteiger charge is 2.39. The van der Waals surface area contributed by atoms with Gasteiger partial charge in [-0.3, -0.25) is 0 Å². The van der Waals surface area contributed by atoms with Gasteiger partial charge < -0.3 is 13.6 Å². The van der Waals surface area contributed by atoms with Crippen molar-refractivity contribution in [3.05, 3.63) is 0 Å². The molecule has 1 saturated heterocycles. The molecule has 0 unspecified atom stereocenters. The molecule has 0 aliphatic carbocycles. The minimum Gasteiger partial charge on any atom is -0.394 e. The predicted molar refractivity (Wildman–Crippen MR) is 72.5 cm³/mol. The van der Waals surface area contributed by atoms with Crippen molar-refractivity contribution >= 4 is 8.56 Å². The summed E-state index contributed by atoms with van der Waals surface area (Å²) < 4.78 is 17.3. The van der Waals surface area contributed by atoms with Gasteiger partial charge in [-0.05, 0) is 31.9 Å². The zero-order valence-electron chi connectivity index (χ0n) is 11.9. The van der Waals surface area contributed by atoms with E-state index in [0.29, 0.717) is 5.41 Å². The molecule has 1 fully saturated rings. The lowest BCUT2D eigenvalue weighted by Gasteiger charge is -2.40. The van der Waals surface area contributed by atoms with Crippen LogP contribution in [-0.2, 0) is 13.6 Å². The Hall–Kier alpha value is 0.0969. The minimum absolute atomic E-state index is 0.374. The normalized spacial score (nSPS) is 19.1. The molecule has 0 bridgehead atoms. The summed E-state index contributed by atoms with van der Waals surface area (Å²) in [5.41, 5.74) is 0.374. The summed E-state index contributed by atoms with van der Waals surface area (Å²) in [6.45, 7) is 12.3. The SMILES string of the molecule is CCCO[Si](C)(CCC1(C)COC1)OCCC. The molecule has 0 saturated carbocycles. The van der Waals surface area contributed by atoms with E-state index in [2.05, 4.69) is 27.3 Å². The average Bonchev–Trinajstić information content (AvgIpc) is 2.29. The third-order valence-electron chi connectivity index (χ3n) is 3.31. The molecule has 0 spiro atoms. The number of ether oxygens (including phenoxy) is 1. The van der Waals surface area contributed by atoms with Gasteiger partial charge in [-0.15, -0.1) is 0 Å². The molecule has 0 atom stereocenters. The largest absolute Gasteiger partial charge is 0.394 e. The van der Waals surface area contributed by atoms with E-state index < -0.39 is 8.56 Å². The van der Waals surface area contributed by atoms with Crippen LogP contribution in [-0.4, -0.2) is 35.0 Å². The number of hydrogen-bond acceptors (Lipinski definition) is 3. The van der Waals surface area contributed by atoms with E-state index in [1.807, 2.05) is 0 Å². The second-order valence-corrected chi connectivity index (χ2v) is 8.98. The van der Waals surface area contributed by atoms with Gasteiger partial charge in [0.1, 0.15) is 0 Å². The summed E-state index contributed by atoms with van der Waals surface area (Å²) in [5.74, 6) is 0. The Bertz CT molecular complexity index is 209. The van der Waals surface area contributed by atoms with E-state index in [1.165, 1.54) is 6.42 Å². The van der Waals surface area contributed by atoms with Crippen molar-refractivity contribution in [3.63, 3.8) is 0 Å². The molecule has 1 rings (SSSR count). The molecule has 0 radical (unpaired) electrons. The minimum atomic E-state index is -1.94. The van der Waals surface area contributed by atoms with Crippen molar-refractivity contribution in [2.24, 2.45) is 5.41 Å². The molecule has 17 heavy (non-hydrogen) atoms. The predicted octanol–water partition coefficient (Wildman–Crippen LogP) is 3.34. The van der Waals surface area contributed by atoms with E-state index >= 15 is 0 Å². The molecule has 3 nitrogen and oxygen atoms in total. The number of hydrogen-bond donors (Lipinski definition) is 0. The Kier molecular flexibility index (Phi) is 6.13. The molecular formula is C13H28O3Si. The Morgan fingerprint density at radius 3 is 2.00 bits per heavy atom. The van der Waals surface area contributed by atoms with Gasteiger partial charge in [-0.25, -0.2) is 0 Å². The van der Waals surface area contributed by atoms with E-state index in [1.54, 1.807) is 0 Å². The van der Waals surface area contributed by atoms with Crippen molar-refractivity contribution < 1.29 is 13.6 Å². The summed E-state index contributed by atoms with van der Waals surface area (Å²) >= 11 is 0. The Balaban J connectivity index is 2.37. The highest BCUT2D eigenvalue weighted by molar-refractivity contribution is 6.66. The lowest BCUT2D eigenvalue weighted by atomic mass is 9.86. The Morgan fingerprint density at radius 2 is 1.65 bits per heavy atom. The lowest BCUT2D eigenvalue weighted by molar-refractivity contribution is -0.104. The molecular weight excluding hydrogens is 232 g/mol. The monoisotopic (exact) mass is 260 g/mol. The van der Waals surface area contributed by atoms with Gasteiger partial charge >= 0.3 is 8.56 Å². The van der Waals surface area contributed by atoms with Crippen molar-refractivity contribution in [1.29, 1.82) is 0 Å². The first kappa shape index (κ1) is 15.2. The summed E-state index contributed by atoms with van der Waals surface area (Å²) in [6, 6.07) is 1.09. The average molecular weight is 260 g/mol. The molecule has 1 aliphatic rings. The van der Waals surface area contributed by atoms with Crippen LogP contribution in [0.15, 0.2) is 0 Å². The molecule has 102 valence electrons. The van der Waals surface area contributed by atoms with E-state index in [4.69, 9.17) is 13.6 Å². The summed E-state index contributed by atoms with van der Waals surface area (Å²) in [6.07, 6.45) is 3.31. The first-order chi connectivity index (χ1) is 8.04. The molecule has 0 aromatic rings. The fraction of sp³-hybridized carbons (Fsp3) is 1.00. The fourth-order valence-electron chi connectivity index (χ4n) is 1.95. The molecule has 0 aromatic carbocycles. The maximum absolute atomic E-state index is 6.02. The summed E-state index contributed by atoms with van der Waals surface area (Å²) in [7, 11) is -1.94. The topological polar surface area (TPSA) is 27.7 Å². The molecule has 1 aliphatic heterocycles. The Morgan fingerprint density at radius 1 is 1.12 bits per heavy atom. The summed E-state index contributed by atoms with van der Waals surface area (Å²) in [4.78, 5) is 0. The van der Waals surface area contributed by atoms with Gasteiger partial charge in [-0.1, -0.05) is 20.8 Å². The lowest BCUT2D eigenvalue weighted by Crippen LogP contribution is -2.45. The zero-order valence-corrected chi connectivity index (χ0v) is 12.9. The van der Waals surface area contributed by atoms with Crippen LogP contribution >= 0.6 is 0 Å². The van der Waals surface area contributed by atoms with Crippen LogP contribution in [0.2, 0.25) is 12.6 Å². The highest BCUT2D eigenvalue weighted by Crippen LogP contribution is 2.34. The van der Waals surface area contributed by atoms with Crippen LogP contribution in [0.5, 0.6) is 0 Å².